The van der Waals surface area contributed by atoms with Crippen LogP contribution in [0.3, 0.4) is 0 Å². The van der Waals surface area contributed by atoms with Crippen LogP contribution in [0.1, 0.15) is 22.7 Å². The van der Waals surface area contributed by atoms with Crippen molar-refractivity contribution in [2.45, 2.75) is 6.04 Å². The Morgan fingerprint density at radius 2 is 1.94 bits per heavy atom. The van der Waals surface area contributed by atoms with Gasteiger partial charge in [0.25, 0.3) is 5.91 Å². The van der Waals surface area contributed by atoms with Crippen LogP contribution in [0, 0.1) is 11.3 Å². The zero-order valence-corrected chi connectivity index (χ0v) is 18.4. The highest BCUT2D eigenvalue weighted by Crippen LogP contribution is 2.39. The maximum Gasteiger partial charge on any atom is 0.469 e. The van der Waals surface area contributed by atoms with E-state index < -0.39 is 32.4 Å². The monoisotopic (exact) mass is 486 g/mol. The Hall–Kier alpha value is -3.45. The predicted octanol–water partition coefficient (Wildman–Crippen LogP) is 3.44. The Morgan fingerprint density at radius 1 is 1.21 bits per heavy atom. The molecule has 2 heterocycles. The topological polar surface area (TPSA) is 156 Å². The molecule has 1 atom stereocenters. The predicted molar refractivity (Wildman–Crippen MR) is 119 cm³/mol. The summed E-state index contributed by atoms with van der Waals surface area (Å²) >= 11 is 6.00. The summed E-state index contributed by atoms with van der Waals surface area (Å²) in [7, 11) is -4.88. The van der Waals surface area contributed by atoms with Crippen LogP contribution in [0.2, 0.25) is 5.02 Å². The van der Waals surface area contributed by atoms with Crippen molar-refractivity contribution >= 4 is 48.3 Å². The Bertz CT molecular complexity index is 1370. The van der Waals surface area contributed by atoms with Crippen LogP contribution in [0.15, 0.2) is 54.4 Å². The third-order valence-corrected chi connectivity index (χ3v) is 5.74. The number of aromatic amines is 1. The Labute approximate surface area is 192 Å². The van der Waals surface area contributed by atoms with Crippen molar-refractivity contribution in [2.24, 2.45) is 0 Å². The molecule has 0 radical (unpaired) electrons. The van der Waals surface area contributed by atoms with Crippen molar-refractivity contribution in [3.05, 3.63) is 76.1 Å². The number of nitrogens with zero attached hydrogens (tertiary/aromatic N) is 2. The van der Waals surface area contributed by atoms with Crippen LogP contribution in [-0.2, 0) is 13.9 Å². The van der Waals surface area contributed by atoms with Crippen LogP contribution < -0.4 is 5.32 Å². The highest BCUT2D eigenvalue weighted by Gasteiger charge is 2.40. The molecule has 12 heteroatoms. The molecule has 1 fully saturated rings. The highest BCUT2D eigenvalue weighted by molar-refractivity contribution is 7.46. The van der Waals surface area contributed by atoms with Crippen LogP contribution >= 0.6 is 19.4 Å². The van der Waals surface area contributed by atoms with Crippen molar-refractivity contribution in [1.29, 1.82) is 5.26 Å². The number of carbonyl (C=O) groups excluding carboxylic acids is 2. The maximum absolute atomic E-state index is 13.1. The minimum atomic E-state index is -4.88. The normalized spacial score (nSPS) is 16.3. The molecule has 0 aliphatic carbocycles. The number of nitrogens with one attached hydrogen (secondary N) is 2. The first-order chi connectivity index (χ1) is 15.7. The van der Waals surface area contributed by atoms with Gasteiger partial charge in [-0.15, -0.1) is 0 Å². The molecule has 1 aromatic heterocycles. The second kappa shape index (κ2) is 8.83. The molecular formula is C21H16ClN4O6P. The number of rotatable bonds is 6. The van der Waals surface area contributed by atoms with Gasteiger partial charge in [0.2, 0.25) is 0 Å². The van der Waals surface area contributed by atoms with Gasteiger partial charge in [0.05, 0.1) is 24.3 Å². The summed E-state index contributed by atoms with van der Waals surface area (Å²) in [5.41, 5.74) is 2.05. The molecule has 1 aliphatic heterocycles. The summed E-state index contributed by atoms with van der Waals surface area (Å²) in [6.07, 6.45) is 3.15. The molecule has 4 rings (SSSR count). The van der Waals surface area contributed by atoms with Gasteiger partial charge in [0, 0.05) is 27.7 Å². The van der Waals surface area contributed by atoms with Gasteiger partial charge in [-0.1, -0.05) is 29.8 Å². The molecule has 4 N–H and O–H groups in total. The van der Waals surface area contributed by atoms with Crippen LogP contribution in [0.4, 0.5) is 4.79 Å². The molecule has 0 spiro atoms. The third kappa shape index (κ3) is 4.83. The van der Waals surface area contributed by atoms with Crippen LogP contribution in [-0.4, -0.2) is 38.2 Å². The second-order valence-electron chi connectivity index (χ2n) is 7.13. The molecule has 33 heavy (non-hydrogen) atoms. The maximum atomic E-state index is 13.1. The average molecular weight is 487 g/mol. The van der Waals surface area contributed by atoms with Crippen molar-refractivity contribution in [2.75, 3.05) is 6.61 Å². The lowest BCUT2D eigenvalue weighted by Gasteiger charge is -2.25. The van der Waals surface area contributed by atoms with Crippen LogP contribution in [0.25, 0.3) is 17.0 Å². The first-order valence-corrected chi connectivity index (χ1v) is 11.4. The van der Waals surface area contributed by atoms with E-state index in [1.165, 1.54) is 30.3 Å². The number of H-pyrrole nitrogens is 1. The van der Waals surface area contributed by atoms with Crippen LogP contribution in [0.5, 0.6) is 0 Å². The van der Waals surface area contributed by atoms with E-state index in [1.807, 2.05) is 6.07 Å². The molecule has 3 amide bonds. The number of urea groups is 1. The molecule has 1 saturated heterocycles. The van der Waals surface area contributed by atoms with Gasteiger partial charge in [-0.3, -0.25) is 9.32 Å². The summed E-state index contributed by atoms with van der Waals surface area (Å²) in [6, 6.07) is 11.1. The first kappa shape index (κ1) is 22.7. The molecule has 0 unspecified atom stereocenters. The van der Waals surface area contributed by atoms with Gasteiger partial charge < -0.3 is 20.1 Å². The number of amides is 3. The molecule has 3 aromatic rings. The van der Waals surface area contributed by atoms with Crippen molar-refractivity contribution in [3.8, 4) is 6.07 Å². The number of fused-ring (bicyclic) bond motifs is 1. The first-order valence-electron chi connectivity index (χ1n) is 9.49. The van der Waals surface area contributed by atoms with Crippen molar-refractivity contribution in [1.82, 2.24) is 15.2 Å². The summed E-state index contributed by atoms with van der Waals surface area (Å²) in [5, 5.41) is 12.8. The van der Waals surface area contributed by atoms with Crippen molar-refractivity contribution < 1.29 is 28.5 Å². The van der Waals surface area contributed by atoms with Gasteiger partial charge >= 0.3 is 13.9 Å². The van der Waals surface area contributed by atoms with E-state index in [9.17, 15) is 14.2 Å². The largest absolute Gasteiger partial charge is 0.469 e. The summed E-state index contributed by atoms with van der Waals surface area (Å²) in [5.74, 6) is -0.702. The molecule has 10 nitrogen and oxygen atoms in total. The number of phosphoric acid groups is 1. The number of aromatic nitrogens is 1. The van der Waals surface area contributed by atoms with Gasteiger partial charge in [-0.2, -0.15) is 5.26 Å². The highest BCUT2D eigenvalue weighted by atomic mass is 35.5. The lowest BCUT2D eigenvalue weighted by Crippen LogP contribution is -2.37. The SMILES string of the molecule is N#Cc1ccc([C@@H](COP(=O)(O)O)N2C(=O)N/C(=C\c3c[nH]c4cc(Cl)ccc34)C2=O)cc1. The minimum Gasteiger partial charge on any atom is -0.361 e. The zero-order valence-electron chi connectivity index (χ0n) is 16.7. The van der Waals surface area contributed by atoms with Gasteiger partial charge in [0.15, 0.2) is 0 Å². The summed E-state index contributed by atoms with van der Waals surface area (Å²) < 4.78 is 15.9. The van der Waals surface area contributed by atoms with E-state index in [2.05, 4.69) is 14.8 Å². The fourth-order valence-electron chi connectivity index (χ4n) is 3.49. The Morgan fingerprint density at radius 3 is 2.61 bits per heavy atom. The zero-order chi connectivity index (χ0) is 23.8. The smallest absolute Gasteiger partial charge is 0.361 e. The molecule has 1 aliphatic rings. The number of imide groups is 1. The van der Waals surface area contributed by atoms with Gasteiger partial charge in [-0.05, 0) is 35.9 Å². The fourth-order valence-corrected chi connectivity index (χ4v) is 4.00. The number of hydrogen-bond acceptors (Lipinski definition) is 5. The standard InChI is InChI=1S/C21H16ClN4O6P/c22-15-5-6-16-14(10-24-17(16)8-15)7-18-20(27)26(21(28)25-18)19(11-32-33(29,30)31)13-3-1-12(9-23)2-4-13/h1-8,10,19,24H,11H2,(H,25,28)(H2,29,30,31)/b18-7-/t19-/m1/s1. The molecule has 2 aromatic carbocycles. The number of carbonyl (C=O) groups is 2. The van der Waals surface area contributed by atoms with Crippen molar-refractivity contribution in [3.63, 3.8) is 0 Å². The Kier molecular flexibility index (Phi) is 6.08. The van der Waals surface area contributed by atoms with E-state index in [0.29, 0.717) is 21.7 Å². The number of nitriles is 1. The van der Waals surface area contributed by atoms with E-state index >= 15 is 0 Å². The van der Waals surface area contributed by atoms with E-state index in [0.717, 1.165) is 15.8 Å². The second-order valence-corrected chi connectivity index (χ2v) is 8.81. The molecule has 168 valence electrons. The summed E-state index contributed by atoms with van der Waals surface area (Å²) in [6.45, 7) is -0.645. The molecular weight excluding hydrogens is 471 g/mol. The molecule has 0 saturated carbocycles. The Balaban J connectivity index is 1.69. The molecule has 0 bridgehead atoms. The third-order valence-electron chi connectivity index (χ3n) is 5.02. The average Bonchev–Trinajstić information content (AvgIpc) is 3.28. The van der Waals surface area contributed by atoms with Gasteiger partial charge in [0.1, 0.15) is 5.70 Å². The van der Waals surface area contributed by atoms with E-state index in [4.69, 9.17) is 26.6 Å². The number of hydrogen-bond donors (Lipinski definition) is 4. The minimum absolute atomic E-state index is 0.0225. The summed E-state index contributed by atoms with van der Waals surface area (Å²) in [4.78, 5) is 48.0. The quantitative estimate of drug-likeness (QED) is 0.236. The van der Waals surface area contributed by atoms with Gasteiger partial charge in [-0.25, -0.2) is 14.3 Å². The van der Waals surface area contributed by atoms with E-state index in [1.54, 1.807) is 24.4 Å². The fraction of sp³-hybridized carbons (Fsp3) is 0.0952. The van der Waals surface area contributed by atoms with E-state index in [-0.39, 0.29) is 5.70 Å². The number of benzene rings is 2. The lowest BCUT2D eigenvalue weighted by molar-refractivity contribution is -0.125. The number of phosphoric ester groups is 1. The lowest BCUT2D eigenvalue weighted by atomic mass is 10.0. The number of halogens is 1.